The van der Waals surface area contributed by atoms with Gasteiger partial charge >= 0.3 is 0 Å². The van der Waals surface area contributed by atoms with Crippen LogP contribution in [0.15, 0.2) is 41.3 Å². The van der Waals surface area contributed by atoms with Gasteiger partial charge in [-0.25, -0.2) is 0 Å². The van der Waals surface area contributed by atoms with Gasteiger partial charge in [0.25, 0.3) is 11.5 Å². The molecule has 1 aromatic carbocycles. The zero-order chi connectivity index (χ0) is 15.7. The zero-order valence-electron chi connectivity index (χ0n) is 12.3. The minimum absolute atomic E-state index is 0.0939. The van der Waals surface area contributed by atoms with Crippen LogP contribution < -0.4 is 10.9 Å². The number of amides is 1. The number of H-pyrrole nitrogens is 1. The Kier molecular flexibility index (Phi) is 3.58. The van der Waals surface area contributed by atoms with Crippen molar-refractivity contribution in [3.8, 4) is 0 Å². The van der Waals surface area contributed by atoms with E-state index in [-0.39, 0.29) is 12.1 Å². The number of aliphatic hydroxyl groups is 1. The Bertz CT molecular complexity index is 781. The van der Waals surface area contributed by atoms with Crippen molar-refractivity contribution in [1.29, 1.82) is 0 Å². The Labute approximate surface area is 128 Å². The third kappa shape index (κ3) is 2.44. The van der Waals surface area contributed by atoms with Crippen LogP contribution in [0, 0.1) is 6.92 Å². The van der Waals surface area contributed by atoms with Crippen molar-refractivity contribution >= 4 is 5.91 Å². The normalized spacial score (nSPS) is 19.7. The summed E-state index contributed by atoms with van der Waals surface area (Å²) in [6, 6.07) is 9.37. The van der Waals surface area contributed by atoms with Gasteiger partial charge in [-0.3, -0.25) is 9.59 Å². The van der Waals surface area contributed by atoms with E-state index in [1.54, 1.807) is 13.0 Å². The average molecular weight is 298 g/mol. The first kappa shape index (κ1) is 14.5. The Morgan fingerprint density at radius 1 is 1.36 bits per heavy atom. The summed E-state index contributed by atoms with van der Waals surface area (Å²) in [6.07, 6.45) is 2.86. The molecule has 0 spiro atoms. The van der Waals surface area contributed by atoms with Gasteiger partial charge in [-0.05, 0) is 42.5 Å². The molecule has 22 heavy (non-hydrogen) atoms. The number of aromatic amines is 1. The molecule has 2 aromatic rings. The summed E-state index contributed by atoms with van der Waals surface area (Å²) in [5.74, 6) is -0.461. The van der Waals surface area contributed by atoms with Crippen LogP contribution in [0.3, 0.4) is 0 Å². The van der Waals surface area contributed by atoms with Crippen LogP contribution in [-0.2, 0) is 12.0 Å². The van der Waals surface area contributed by atoms with Crippen molar-refractivity contribution in [3.63, 3.8) is 0 Å². The van der Waals surface area contributed by atoms with Crippen molar-refractivity contribution in [1.82, 2.24) is 10.3 Å². The molecule has 1 aromatic heterocycles. The van der Waals surface area contributed by atoms with Crippen LogP contribution in [0.1, 0.15) is 33.5 Å². The number of pyridine rings is 1. The van der Waals surface area contributed by atoms with Crippen molar-refractivity contribution in [2.45, 2.75) is 25.4 Å². The fourth-order valence-corrected chi connectivity index (χ4v) is 3.03. The predicted molar refractivity (Wildman–Crippen MR) is 82.8 cm³/mol. The van der Waals surface area contributed by atoms with Crippen LogP contribution >= 0.6 is 0 Å². The van der Waals surface area contributed by atoms with Gasteiger partial charge in [-0.15, -0.1) is 0 Å². The van der Waals surface area contributed by atoms with Crippen molar-refractivity contribution in [3.05, 3.63) is 69.1 Å². The van der Waals surface area contributed by atoms with E-state index in [0.29, 0.717) is 12.0 Å². The number of hydrogen-bond donors (Lipinski definition) is 3. The highest BCUT2D eigenvalue weighted by atomic mass is 16.3. The minimum Gasteiger partial charge on any atom is -0.383 e. The molecule has 0 saturated carbocycles. The molecule has 1 heterocycles. The molecule has 0 saturated heterocycles. The Balaban J connectivity index is 1.79. The topological polar surface area (TPSA) is 82.2 Å². The molecule has 5 nitrogen and oxygen atoms in total. The first-order chi connectivity index (χ1) is 10.5. The molecule has 0 fully saturated rings. The van der Waals surface area contributed by atoms with E-state index in [1.165, 1.54) is 6.20 Å². The number of fused-ring (bicyclic) bond motifs is 1. The SMILES string of the molecule is Cc1cc[nH]c(=O)c1C(=O)NCC1(O)CCc2ccccc21. The molecule has 1 aliphatic carbocycles. The lowest BCUT2D eigenvalue weighted by atomic mass is 9.96. The molecule has 5 heteroatoms. The number of carbonyl (C=O) groups excluding carboxylic acids is 1. The fourth-order valence-electron chi connectivity index (χ4n) is 3.03. The van der Waals surface area contributed by atoms with Gasteiger partial charge in [0.2, 0.25) is 0 Å². The standard InChI is InChI=1S/C17H18N2O3/c1-11-7-9-18-15(20)14(11)16(21)19-10-17(22)8-6-12-4-2-3-5-13(12)17/h2-5,7,9,22H,6,8,10H2,1H3,(H,18,20)(H,19,21). The monoisotopic (exact) mass is 298 g/mol. The quantitative estimate of drug-likeness (QED) is 0.797. The number of benzene rings is 1. The van der Waals surface area contributed by atoms with Gasteiger partial charge in [-0.1, -0.05) is 24.3 Å². The third-order valence-electron chi connectivity index (χ3n) is 4.26. The average Bonchev–Trinajstić information content (AvgIpc) is 2.84. The predicted octanol–water partition coefficient (Wildman–Crippen LogP) is 1.25. The number of rotatable bonds is 3. The summed E-state index contributed by atoms with van der Waals surface area (Å²) in [4.78, 5) is 26.5. The number of nitrogens with one attached hydrogen (secondary N) is 2. The summed E-state index contributed by atoms with van der Waals surface area (Å²) in [5, 5.41) is 13.5. The molecule has 1 unspecified atom stereocenters. The lowest BCUT2D eigenvalue weighted by Gasteiger charge is -2.24. The highest BCUT2D eigenvalue weighted by Gasteiger charge is 2.36. The first-order valence-electron chi connectivity index (χ1n) is 7.28. The maximum Gasteiger partial charge on any atom is 0.261 e. The van der Waals surface area contributed by atoms with Crippen LogP contribution in [0.4, 0.5) is 0 Å². The smallest absolute Gasteiger partial charge is 0.261 e. The summed E-state index contributed by atoms with van der Waals surface area (Å²) in [7, 11) is 0. The highest BCUT2D eigenvalue weighted by molar-refractivity contribution is 5.95. The van der Waals surface area contributed by atoms with Crippen LogP contribution in [0.25, 0.3) is 0 Å². The molecule has 1 amide bonds. The largest absolute Gasteiger partial charge is 0.383 e. The molecule has 3 N–H and O–H groups in total. The second kappa shape index (κ2) is 5.42. The van der Waals surface area contributed by atoms with Crippen LogP contribution in [0.5, 0.6) is 0 Å². The number of aryl methyl sites for hydroxylation is 2. The first-order valence-corrected chi connectivity index (χ1v) is 7.28. The van der Waals surface area contributed by atoms with Gasteiger partial charge in [-0.2, -0.15) is 0 Å². The van der Waals surface area contributed by atoms with E-state index < -0.39 is 17.1 Å². The molecule has 0 radical (unpaired) electrons. The van der Waals surface area contributed by atoms with Gasteiger partial charge in [0.05, 0.1) is 6.54 Å². The maximum absolute atomic E-state index is 12.3. The summed E-state index contributed by atoms with van der Waals surface area (Å²) in [5.41, 5.74) is 1.18. The third-order valence-corrected chi connectivity index (χ3v) is 4.26. The molecule has 3 rings (SSSR count). The van der Waals surface area contributed by atoms with Gasteiger partial charge < -0.3 is 15.4 Å². The van der Waals surface area contributed by atoms with E-state index in [0.717, 1.165) is 17.5 Å². The van der Waals surface area contributed by atoms with Gasteiger partial charge in [0, 0.05) is 6.20 Å². The van der Waals surface area contributed by atoms with Crippen LogP contribution in [-0.4, -0.2) is 22.5 Å². The molecule has 1 atom stereocenters. The molecule has 114 valence electrons. The molecular formula is C17H18N2O3. The van der Waals surface area contributed by atoms with Crippen molar-refractivity contribution in [2.75, 3.05) is 6.54 Å². The highest BCUT2D eigenvalue weighted by Crippen LogP contribution is 2.36. The number of carbonyl (C=O) groups is 1. The fraction of sp³-hybridized carbons (Fsp3) is 0.294. The van der Waals surface area contributed by atoms with E-state index in [4.69, 9.17) is 0 Å². The summed E-state index contributed by atoms with van der Waals surface area (Å²) >= 11 is 0. The Hall–Kier alpha value is -2.40. The number of hydrogen-bond acceptors (Lipinski definition) is 3. The lowest BCUT2D eigenvalue weighted by molar-refractivity contribution is 0.0369. The number of aromatic nitrogens is 1. The summed E-state index contributed by atoms with van der Waals surface area (Å²) in [6.45, 7) is 1.81. The lowest BCUT2D eigenvalue weighted by Crippen LogP contribution is -2.41. The Morgan fingerprint density at radius 3 is 2.91 bits per heavy atom. The van der Waals surface area contributed by atoms with Gasteiger partial charge in [0.1, 0.15) is 11.2 Å². The zero-order valence-corrected chi connectivity index (χ0v) is 12.3. The minimum atomic E-state index is -1.07. The molecule has 0 aliphatic heterocycles. The van der Waals surface area contributed by atoms with E-state index in [9.17, 15) is 14.7 Å². The molecular weight excluding hydrogens is 280 g/mol. The van der Waals surface area contributed by atoms with E-state index in [1.807, 2.05) is 24.3 Å². The second-order valence-corrected chi connectivity index (χ2v) is 5.74. The Morgan fingerprint density at radius 2 is 2.14 bits per heavy atom. The second-order valence-electron chi connectivity index (χ2n) is 5.74. The van der Waals surface area contributed by atoms with E-state index >= 15 is 0 Å². The maximum atomic E-state index is 12.3. The summed E-state index contributed by atoms with van der Waals surface area (Å²) < 4.78 is 0. The van der Waals surface area contributed by atoms with Gasteiger partial charge in [0.15, 0.2) is 0 Å². The van der Waals surface area contributed by atoms with Crippen molar-refractivity contribution in [2.24, 2.45) is 0 Å². The van der Waals surface area contributed by atoms with Crippen molar-refractivity contribution < 1.29 is 9.90 Å². The molecule has 1 aliphatic rings. The molecule has 0 bridgehead atoms. The van der Waals surface area contributed by atoms with E-state index in [2.05, 4.69) is 10.3 Å². The van der Waals surface area contributed by atoms with Crippen LogP contribution in [0.2, 0.25) is 0 Å².